The summed E-state index contributed by atoms with van der Waals surface area (Å²) in [5.41, 5.74) is 0.549. The molecule has 1 aromatic rings. The number of carbonyl (C=O) groups excluding carboxylic acids is 1. The van der Waals surface area contributed by atoms with E-state index in [1.165, 1.54) is 6.20 Å². The molecule has 1 amide bonds. The van der Waals surface area contributed by atoms with E-state index in [0.29, 0.717) is 11.6 Å². The monoisotopic (exact) mass is 252 g/mol. The molecule has 0 bridgehead atoms. The Kier molecular flexibility index (Phi) is 3.98. The third kappa shape index (κ3) is 2.70. The van der Waals surface area contributed by atoms with Crippen LogP contribution in [-0.4, -0.2) is 59.4 Å². The molecule has 1 saturated heterocycles. The number of H-pyrrole nitrogens is 1. The maximum absolute atomic E-state index is 12.0. The Hall–Kier alpha value is -1.40. The number of amides is 1. The van der Waals surface area contributed by atoms with Crippen LogP contribution < -0.4 is 5.32 Å². The van der Waals surface area contributed by atoms with Gasteiger partial charge in [-0.3, -0.25) is 14.8 Å². The van der Waals surface area contributed by atoms with E-state index < -0.39 is 0 Å². The molecule has 100 valence electrons. The molecule has 0 saturated carbocycles. The van der Waals surface area contributed by atoms with Gasteiger partial charge in [0.15, 0.2) is 0 Å². The summed E-state index contributed by atoms with van der Waals surface area (Å²) in [6.45, 7) is 5.96. The number of carbonyl (C=O) groups is 1. The van der Waals surface area contributed by atoms with Gasteiger partial charge in [0.05, 0.1) is 23.9 Å². The summed E-state index contributed by atoms with van der Waals surface area (Å²) in [7, 11) is 1.69. The van der Waals surface area contributed by atoms with Crippen molar-refractivity contribution in [2.24, 2.45) is 0 Å². The SMILES string of the molecule is CO[C@@H]1CN(C(C)C)C[C@H]1NC(=O)c1cn[nH]c1. The summed E-state index contributed by atoms with van der Waals surface area (Å²) >= 11 is 0. The highest BCUT2D eigenvalue weighted by Gasteiger charge is 2.35. The van der Waals surface area contributed by atoms with Gasteiger partial charge >= 0.3 is 0 Å². The number of nitrogens with zero attached hydrogens (tertiary/aromatic N) is 2. The van der Waals surface area contributed by atoms with Crippen molar-refractivity contribution in [3.05, 3.63) is 18.0 Å². The molecule has 0 aromatic carbocycles. The van der Waals surface area contributed by atoms with Gasteiger partial charge in [-0.05, 0) is 13.8 Å². The van der Waals surface area contributed by atoms with Crippen molar-refractivity contribution < 1.29 is 9.53 Å². The van der Waals surface area contributed by atoms with E-state index in [0.717, 1.165) is 13.1 Å². The summed E-state index contributed by atoms with van der Waals surface area (Å²) in [6, 6.07) is 0.485. The lowest BCUT2D eigenvalue weighted by atomic mass is 10.2. The Morgan fingerprint density at radius 2 is 2.39 bits per heavy atom. The molecule has 1 fully saturated rings. The normalized spacial score (nSPS) is 24.7. The van der Waals surface area contributed by atoms with Crippen LogP contribution in [0.2, 0.25) is 0 Å². The fourth-order valence-electron chi connectivity index (χ4n) is 2.23. The molecule has 1 aliphatic rings. The highest BCUT2D eigenvalue weighted by atomic mass is 16.5. The maximum atomic E-state index is 12.0. The van der Waals surface area contributed by atoms with Gasteiger partial charge in [-0.25, -0.2) is 0 Å². The van der Waals surface area contributed by atoms with E-state index in [4.69, 9.17) is 4.74 Å². The van der Waals surface area contributed by atoms with Crippen LogP contribution in [0.4, 0.5) is 0 Å². The highest BCUT2D eigenvalue weighted by molar-refractivity contribution is 5.93. The minimum Gasteiger partial charge on any atom is -0.378 e. The number of hydrogen-bond acceptors (Lipinski definition) is 4. The van der Waals surface area contributed by atoms with Crippen molar-refractivity contribution in [2.45, 2.75) is 32.0 Å². The van der Waals surface area contributed by atoms with Crippen LogP contribution in [0.25, 0.3) is 0 Å². The third-order valence-corrected chi connectivity index (χ3v) is 3.40. The highest BCUT2D eigenvalue weighted by Crippen LogP contribution is 2.16. The van der Waals surface area contributed by atoms with E-state index in [1.54, 1.807) is 13.3 Å². The van der Waals surface area contributed by atoms with Gasteiger partial charge in [0, 0.05) is 32.4 Å². The molecule has 6 nitrogen and oxygen atoms in total. The first-order valence-corrected chi connectivity index (χ1v) is 6.18. The Bertz CT molecular complexity index is 391. The molecule has 0 aliphatic carbocycles. The molecule has 18 heavy (non-hydrogen) atoms. The summed E-state index contributed by atoms with van der Waals surface area (Å²) < 4.78 is 5.44. The van der Waals surface area contributed by atoms with Crippen LogP contribution >= 0.6 is 0 Å². The van der Waals surface area contributed by atoms with Gasteiger partial charge in [0.2, 0.25) is 0 Å². The first-order valence-electron chi connectivity index (χ1n) is 6.18. The van der Waals surface area contributed by atoms with Gasteiger partial charge in [-0.15, -0.1) is 0 Å². The average molecular weight is 252 g/mol. The number of aromatic amines is 1. The molecule has 6 heteroatoms. The number of aromatic nitrogens is 2. The molecule has 0 radical (unpaired) electrons. The first-order chi connectivity index (χ1) is 8.61. The van der Waals surface area contributed by atoms with Crippen molar-refractivity contribution in [3.63, 3.8) is 0 Å². The molecular weight excluding hydrogens is 232 g/mol. The Labute approximate surface area is 107 Å². The van der Waals surface area contributed by atoms with Gasteiger partial charge in [0.1, 0.15) is 0 Å². The van der Waals surface area contributed by atoms with Crippen LogP contribution in [-0.2, 0) is 4.74 Å². The number of rotatable bonds is 4. The second-order valence-electron chi connectivity index (χ2n) is 4.89. The molecule has 0 spiro atoms. The number of nitrogens with one attached hydrogen (secondary N) is 2. The first kappa shape index (κ1) is 13.0. The predicted molar refractivity (Wildman–Crippen MR) is 67.3 cm³/mol. The summed E-state index contributed by atoms with van der Waals surface area (Å²) in [4.78, 5) is 14.3. The van der Waals surface area contributed by atoms with E-state index >= 15 is 0 Å². The van der Waals surface area contributed by atoms with Crippen molar-refractivity contribution >= 4 is 5.91 Å². The number of likely N-dealkylation sites (tertiary alicyclic amines) is 1. The second kappa shape index (κ2) is 5.49. The smallest absolute Gasteiger partial charge is 0.254 e. The van der Waals surface area contributed by atoms with E-state index in [2.05, 4.69) is 34.3 Å². The Morgan fingerprint density at radius 1 is 1.61 bits per heavy atom. The fourth-order valence-corrected chi connectivity index (χ4v) is 2.23. The van der Waals surface area contributed by atoms with Crippen LogP contribution in [0.1, 0.15) is 24.2 Å². The molecule has 0 unspecified atom stereocenters. The van der Waals surface area contributed by atoms with Gasteiger partial charge in [-0.1, -0.05) is 0 Å². The maximum Gasteiger partial charge on any atom is 0.254 e. The molecule has 2 rings (SSSR count). The zero-order valence-electron chi connectivity index (χ0n) is 11.0. The van der Waals surface area contributed by atoms with E-state index in [-0.39, 0.29) is 18.1 Å². The topological polar surface area (TPSA) is 70.2 Å². The van der Waals surface area contributed by atoms with Crippen LogP contribution in [0.15, 0.2) is 12.4 Å². The van der Waals surface area contributed by atoms with Crippen molar-refractivity contribution in [1.29, 1.82) is 0 Å². The van der Waals surface area contributed by atoms with Gasteiger partial charge in [0.25, 0.3) is 5.91 Å². The molecular formula is C12H20N4O2. The second-order valence-corrected chi connectivity index (χ2v) is 4.89. The summed E-state index contributed by atoms with van der Waals surface area (Å²) in [6.07, 6.45) is 3.15. The molecule has 2 heterocycles. The standard InChI is InChI=1S/C12H20N4O2/c1-8(2)16-6-10(11(7-16)18-3)15-12(17)9-4-13-14-5-9/h4-5,8,10-11H,6-7H2,1-3H3,(H,13,14)(H,15,17)/t10-,11-/m1/s1. The minimum absolute atomic E-state index is 0.0276. The molecule has 1 aliphatic heterocycles. The summed E-state index contributed by atoms with van der Waals surface area (Å²) in [5.74, 6) is -0.110. The van der Waals surface area contributed by atoms with Crippen LogP contribution in [0.5, 0.6) is 0 Å². The third-order valence-electron chi connectivity index (χ3n) is 3.40. The lowest BCUT2D eigenvalue weighted by Gasteiger charge is -2.19. The average Bonchev–Trinajstić information content (AvgIpc) is 2.97. The Morgan fingerprint density at radius 3 is 2.94 bits per heavy atom. The van der Waals surface area contributed by atoms with Gasteiger partial charge in [-0.2, -0.15) is 5.10 Å². The summed E-state index contributed by atoms with van der Waals surface area (Å²) in [5, 5.41) is 9.41. The molecule has 2 atom stereocenters. The van der Waals surface area contributed by atoms with Crippen LogP contribution in [0.3, 0.4) is 0 Å². The van der Waals surface area contributed by atoms with Crippen molar-refractivity contribution in [2.75, 3.05) is 20.2 Å². The van der Waals surface area contributed by atoms with Gasteiger partial charge < -0.3 is 10.1 Å². The quantitative estimate of drug-likeness (QED) is 0.805. The predicted octanol–water partition coefficient (Wildman–Crippen LogP) is 0.247. The van der Waals surface area contributed by atoms with E-state index in [9.17, 15) is 4.79 Å². The van der Waals surface area contributed by atoms with Crippen molar-refractivity contribution in [3.8, 4) is 0 Å². The number of ether oxygens (including phenoxy) is 1. The zero-order chi connectivity index (χ0) is 13.1. The molecule has 1 aromatic heterocycles. The number of methoxy groups -OCH3 is 1. The van der Waals surface area contributed by atoms with Crippen LogP contribution in [0, 0.1) is 0 Å². The van der Waals surface area contributed by atoms with Crippen molar-refractivity contribution in [1.82, 2.24) is 20.4 Å². The largest absolute Gasteiger partial charge is 0.378 e. The minimum atomic E-state index is -0.110. The van der Waals surface area contributed by atoms with E-state index in [1.807, 2.05) is 0 Å². The molecule has 2 N–H and O–H groups in total. The fraction of sp³-hybridized carbons (Fsp3) is 0.667. The lowest BCUT2D eigenvalue weighted by molar-refractivity contribution is 0.0753. The number of hydrogen-bond donors (Lipinski definition) is 2. The Balaban J connectivity index is 1.98. The zero-order valence-corrected chi connectivity index (χ0v) is 11.0. The lowest BCUT2D eigenvalue weighted by Crippen LogP contribution is -2.43.